The third kappa shape index (κ3) is 3.69. The topological polar surface area (TPSA) is 75.7 Å². The molecule has 0 unspecified atom stereocenters. The van der Waals surface area contributed by atoms with E-state index < -0.39 is 21.3 Å². The van der Waals surface area contributed by atoms with Crippen LogP contribution in [0.15, 0.2) is 41.3 Å². The molecule has 0 radical (unpaired) electrons. The van der Waals surface area contributed by atoms with Crippen molar-refractivity contribution in [3.63, 3.8) is 0 Å². The molecule has 1 amide bonds. The van der Waals surface area contributed by atoms with Crippen LogP contribution in [0.3, 0.4) is 0 Å². The summed E-state index contributed by atoms with van der Waals surface area (Å²) in [5.74, 6) is -0.230. The Kier molecular flexibility index (Phi) is 5.10. The van der Waals surface area contributed by atoms with Gasteiger partial charge in [-0.1, -0.05) is 6.07 Å². The first-order chi connectivity index (χ1) is 13.0. The van der Waals surface area contributed by atoms with Crippen LogP contribution in [0, 0.1) is 18.2 Å². The van der Waals surface area contributed by atoms with Gasteiger partial charge in [0.15, 0.2) is 0 Å². The quantitative estimate of drug-likeness (QED) is 0.840. The van der Waals surface area contributed by atoms with E-state index in [0.717, 1.165) is 6.07 Å². The molecule has 0 spiro atoms. The first kappa shape index (κ1) is 20.1. The van der Waals surface area contributed by atoms with Gasteiger partial charge in [0.05, 0.1) is 21.7 Å². The molecule has 2 aromatic rings. The van der Waals surface area contributed by atoms with Gasteiger partial charge in [-0.05, 0) is 63.6 Å². The SMILES string of the molecule is CCN1C(=O)C(C)(C)COc2ccc(NS(=O)(=O)c3cc(F)ccc3C)cc21. The van der Waals surface area contributed by atoms with Gasteiger partial charge in [0, 0.05) is 6.54 Å². The van der Waals surface area contributed by atoms with E-state index in [1.807, 2.05) is 6.92 Å². The predicted molar refractivity (Wildman–Crippen MR) is 106 cm³/mol. The van der Waals surface area contributed by atoms with Crippen LogP contribution in [-0.4, -0.2) is 27.5 Å². The number of hydrogen-bond acceptors (Lipinski definition) is 4. The molecule has 28 heavy (non-hydrogen) atoms. The number of anilines is 2. The van der Waals surface area contributed by atoms with Crippen LogP contribution in [0.4, 0.5) is 15.8 Å². The summed E-state index contributed by atoms with van der Waals surface area (Å²) in [5.41, 5.74) is 0.484. The Morgan fingerprint density at radius 1 is 1.21 bits per heavy atom. The van der Waals surface area contributed by atoms with E-state index in [2.05, 4.69) is 4.72 Å². The number of hydrogen-bond donors (Lipinski definition) is 1. The maximum absolute atomic E-state index is 13.5. The van der Waals surface area contributed by atoms with Crippen LogP contribution in [0.25, 0.3) is 0 Å². The van der Waals surface area contributed by atoms with Gasteiger partial charge in [0.2, 0.25) is 5.91 Å². The first-order valence-electron chi connectivity index (χ1n) is 8.93. The Morgan fingerprint density at radius 2 is 1.93 bits per heavy atom. The van der Waals surface area contributed by atoms with E-state index >= 15 is 0 Å². The Balaban J connectivity index is 2.00. The third-order valence-corrected chi connectivity index (χ3v) is 6.19. The van der Waals surface area contributed by atoms with Crippen molar-refractivity contribution in [2.24, 2.45) is 5.41 Å². The minimum absolute atomic E-state index is 0.102. The lowest BCUT2D eigenvalue weighted by atomic mass is 9.93. The lowest BCUT2D eigenvalue weighted by Gasteiger charge is -2.27. The number of rotatable bonds is 4. The summed E-state index contributed by atoms with van der Waals surface area (Å²) in [6, 6.07) is 8.35. The molecule has 6 nitrogen and oxygen atoms in total. The standard InChI is InChI=1S/C20H23FN2O4S/c1-5-23-16-11-15(8-9-17(16)27-12-20(3,4)19(23)24)22-28(25,26)18-10-14(21)7-6-13(18)2/h6-11,22H,5,12H2,1-4H3. The van der Waals surface area contributed by atoms with Gasteiger partial charge in [0.25, 0.3) is 10.0 Å². The fourth-order valence-corrected chi connectivity index (χ4v) is 4.40. The van der Waals surface area contributed by atoms with Crippen molar-refractivity contribution < 1.29 is 22.3 Å². The number of nitrogens with zero attached hydrogens (tertiary/aromatic N) is 1. The molecule has 0 fully saturated rings. The molecule has 0 atom stereocenters. The Hall–Kier alpha value is -2.61. The molecule has 0 saturated carbocycles. The van der Waals surface area contributed by atoms with Gasteiger partial charge < -0.3 is 9.64 Å². The van der Waals surface area contributed by atoms with Crippen molar-refractivity contribution in [1.82, 2.24) is 0 Å². The zero-order chi connectivity index (χ0) is 20.7. The molecule has 1 heterocycles. The molecular formula is C20H23FN2O4S. The van der Waals surface area contributed by atoms with Gasteiger partial charge >= 0.3 is 0 Å². The second kappa shape index (κ2) is 7.09. The van der Waals surface area contributed by atoms with E-state index in [4.69, 9.17) is 4.74 Å². The second-order valence-electron chi connectivity index (χ2n) is 7.42. The number of benzene rings is 2. The molecule has 3 rings (SSSR count). The molecule has 0 saturated heterocycles. The van der Waals surface area contributed by atoms with E-state index in [0.29, 0.717) is 23.5 Å². The highest BCUT2D eigenvalue weighted by Gasteiger charge is 2.37. The summed E-state index contributed by atoms with van der Waals surface area (Å²) in [6.07, 6.45) is 0. The minimum Gasteiger partial charge on any atom is -0.490 e. The Bertz CT molecular complexity index is 1030. The number of nitrogens with one attached hydrogen (secondary N) is 1. The minimum atomic E-state index is -4.00. The third-order valence-electron chi connectivity index (χ3n) is 4.67. The average molecular weight is 406 g/mol. The molecule has 1 aliphatic rings. The van der Waals surface area contributed by atoms with Gasteiger partial charge in [-0.25, -0.2) is 12.8 Å². The summed E-state index contributed by atoms with van der Waals surface area (Å²) in [7, 11) is -4.00. The second-order valence-corrected chi connectivity index (χ2v) is 9.07. The van der Waals surface area contributed by atoms with Crippen molar-refractivity contribution in [1.29, 1.82) is 0 Å². The van der Waals surface area contributed by atoms with E-state index in [-0.39, 0.29) is 23.1 Å². The fraction of sp³-hybridized carbons (Fsp3) is 0.350. The number of carbonyl (C=O) groups excluding carboxylic acids is 1. The zero-order valence-electron chi connectivity index (χ0n) is 16.2. The van der Waals surface area contributed by atoms with Crippen molar-refractivity contribution in [3.8, 4) is 5.75 Å². The number of halogens is 1. The summed E-state index contributed by atoms with van der Waals surface area (Å²) in [4.78, 5) is 14.3. The first-order valence-corrected chi connectivity index (χ1v) is 10.4. The molecule has 0 bridgehead atoms. The molecular weight excluding hydrogens is 383 g/mol. The number of fused-ring (bicyclic) bond motifs is 1. The molecule has 2 aromatic carbocycles. The number of ether oxygens (including phenoxy) is 1. The van der Waals surface area contributed by atoms with Crippen LogP contribution in [0.2, 0.25) is 0 Å². The largest absolute Gasteiger partial charge is 0.490 e. The van der Waals surface area contributed by atoms with Crippen LogP contribution < -0.4 is 14.4 Å². The van der Waals surface area contributed by atoms with E-state index in [1.54, 1.807) is 43.9 Å². The van der Waals surface area contributed by atoms with E-state index in [1.165, 1.54) is 12.1 Å². The molecule has 150 valence electrons. The monoisotopic (exact) mass is 406 g/mol. The molecule has 0 aliphatic carbocycles. The van der Waals surface area contributed by atoms with Crippen LogP contribution in [-0.2, 0) is 14.8 Å². The molecule has 0 aromatic heterocycles. The van der Waals surface area contributed by atoms with Crippen molar-refractivity contribution in [2.75, 3.05) is 22.8 Å². The van der Waals surface area contributed by atoms with Crippen molar-refractivity contribution >= 4 is 27.3 Å². The van der Waals surface area contributed by atoms with E-state index in [9.17, 15) is 17.6 Å². The van der Waals surface area contributed by atoms with Crippen LogP contribution in [0.5, 0.6) is 5.75 Å². The number of aryl methyl sites for hydroxylation is 1. The van der Waals surface area contributed by atoms with Crippen LogP contribution in [0.1, 0.15) is 26.3 Å². The van der Waals surface area contributed by atoms with Crippen molar-refractivity contribution in [2.45, 2.75) is 32.6 Å². The smallest absolute Gasteiger partial charge is 0.262 e. The lowest BCUT2D eigenvalue weighted by molar-refractivity contribution is -0.127. The lowest BCUT2D eigenvalue weighted by Crippen LogP contribution is -2.42. The normalized spacial score (nSPS) is 16.2. The summed E-state index contributed by atoms with van der Waals surface area (Å²) < 4.78 is 47.3. The highest BCUT2D eigenvalue weighted by atomic mass is 32.2. The highest BCUT2D eigenvalue weighted by molar-refractivity contribution is 7.92. The maximum Gasteiger partial charge on any atom is 0.262 e. The molecule has 1 aliphatic heterocycles. The summed E-state index contributed by atoms with van der Waals surface area (Å²) >= 11 is 0. The van der Waals surface area contributed by atoms with Gasteiger partial charge in [-0.2, -0.15) is 0 Å². The predicted octanol–water partition coefficient (Wildman–Crippen LogP) is 3.71. The highest BCUT2D eigenvalue weighted by Crippen LogP contribution is 2.38. The maximum atomic E-state index is 13.5. The molecule has 8 heteroatoms. The fourth-order valence-electron chi connectivity index (χ4n) is 3.10. The van der Waals surface area contributed by atoms with Gasteiger partial charge in [-0.3, -0.25) is 9.52 Å². The number of amides is 1. The summed E-state index contributed by atoms with van der Waals surface area (Å²) in [6.45, 7) is 7.69. The van der Waals surface area contributed by atoms with Gasteiger partial charge in [0.1, 0.15) is 18.2 Å². The Morgan fingerprint density at radius 3 is 2.61 bits per heavy atom. The average Bonchev–Trinajstić information content (AvgIpc) is 2.71. The van der Waals surface area contributed by atoms with Gasteiger partial charge in [-0.15, -0.1) is 0 Å². The zero-order valence-corrected chi connectivity index (χ0v) is 17.1. The Labute approximate surface area is 164 Å². The summed E-state index contributed by atoms with van der Waals surface area (Å²) in [5, 5.41) is 0. The molecule has 1 N–H and O–H groups in total. The van der Waals surface area contributed by atoms with Crippen molar-refractivity contribution in [3.05, 3.63) is 47.8 Å². The van der Waals surface area contributed by atoms with Crippen LogP contribution >= 0.6 is 0 Å². The number of sulfonamides is 1. The number of carbonyl (C=O) groups is 1.